The smallest absolute Gasteiger partial charge is 0.258 e. The van der Waals surface area contributed by atoms with Crippen molar-refractivity contribution in [1.29, 1.82) is 0 Å². The molecule has 2 aromatic rings. The van der Waals surface area contributed by atoms with Crippen molar-refractivity contribution in [2.75, 3.05) is 13.4 Å². The van der Waals surface area contributed by atoms with E-state index in [0.717, 1.165) is 24.3 Å². The van der Waals surface area contributed by atoms with Crippen molar-refractivity contribution in [3.8, 4) is 17.4 Å². The van der Waals surface area contributed by atoms with E-state index in [2.05, 4.69) is 10.4 Å². The average molecular weight is 301 g/mol. The van der Waals surface area contributed by atoms with Gasteiger partial charge in [-0.05, 0) is 17.7 Å². The van der Waals surface area contributed by atoms with Crippen molar-refractivity contribution in [3.05, 3.63) is 35.5 Å². The molecule has 4 rings (SSSR count). The van der Waals surface area contributed by atoms with Crippen LogP contribution in [0.4, 0.5) is 0 Å². The Morgan fingerprint density at radius 3 is 3.14 bits per heavy atom. The number of hydrogen-bond donors (Lipinski definition) is 1. The number of aryl methyl sites for hydroxylation is 1. The van der Waals surface area contributed by atoms with Crippen LogP contribution >= 0.6 is 0 Å². The lowest BCUT2D eigenvalue weighted by molar-refractivity contribution is 0.0944. The van der Waals surface area contributed by atoms with Crippen molar-refractivity contribution in [2.45, 2.75) is 19.5 Å². The number of rotatable bonds is 3. The number of fused-ring (bicyclic) bond motifs is 2. The van der Waals surface area contributed by atoms with Gasteiger partial charge in [0, 0.05) is 19.5 Å². The zero-order chi connectivity index (χ0) is 14.9. The summed E-state index contributed by atoms with van der Waals surface area (Å²) in [5, 5.41) is 7.05. The number of carbonyl (C=O) groups is 1. The summed E-state index contributed by atoms with van der Waals surface area (Å²) < 4.78 is 17.8. The summed E-state index contributed by atoms with van der Waals surface area (Å²) in [6, 6.07) is 5.61. The van der Waals surface area contributed by atoms with Crippen LogP contribution in [-0.4, -0.2) is 29.1 Å². The van der Waals surface area contributed by atoms with E-state index in [-0.39, 0.29) is 12.7 Å². The van der Waals surface area contributed by atoms with E-state index in [1.54, 1.807) is 10.9 Å². The van der Waals surface area contributed by atoms with Crippen LogP contribution in [0.5, 0.6) is 17.4 Å². The van der Waals surface area contributed by atoms with E-state index >= 15 is 0 Å². The highest BCUT2D eigenvalue weighted by molar-refractivity contribution is 5.96. The van der Waals surface area contributed by atoms with Crippen LogP contribution in [-0.2, 0) is 13.1 Å². The Hall–Kier alpha value is -2.70. The summed E-state index contributed by atoms with van der Waals surface area (Å²) in [6.45, 7) is 2.05. The Kier molecular flexibility index (Phi) is 3.10. The summed E-state index contributed by atoms with van der Waals surface area (Å²) in [7, 11) is 0. The van der Waals surface area contributed by atoms with Gasteiger partial charge >= 0.3 is 0 Å². The van der Waals surface area contributed by atoms with Crippen molar-refractivity contribution >= 4 is 5.91 Å². The summed E-state index contributed by atoms with van der Waals surface area (Å²) in [6.07, 6.45) is 2.46. The van der Waals surface area contributed by atoms with Crippen LogP contribution in [0.15, 0.2) is 24.4 Å². The SMILES string of the molecule is O=C(NCc1ccc2c(c1)OCO2)c1cnn2c1OCCC2. The van der Waals surface area contributed by atoms with Crippen LogP contribution < -0.4 is 19.5 Å². The first kappa shape index (κ1) is 13.0. The lowest BCUT2D eigenvalue weighted by Gasteiger charge is -2.15. The second-order valence-electron chi connectivity index (χ2n) is 5.16. The summed E-state index contributed by atoms with van der Waals surface area (Å²) in [5.74, 6) is 1.79. The van der Waals surface area contributed by atoms with Crippen LogP contribution in [0, 0.1) is 0 Å². The molecule has 22 heavy (non-hydrogen) atoms. The number of nitrogens with zero attached hydrogens (tertiary/aromatic N) is 2. The zero-order valence-electron chi connectivity index (χ0n) is 11.9. The fourth-order valence-corrected chi connectivity index (χ4v) is 2.55. The fourth-order valence-electron chi connectivity index (χ4n) is 2.55. The van der Waals surface area contributed by atoms with E-state index in [0.29, 0.717) is 30.3 Å². The molecule has 3 heterocycles. The molecule has 7 nitrogen and oxygen atoms in total. The molecule has 2 aliphatic heterocycles. The van der Waals surface area contributed by atoms with Crippen molar-refractivity contribution in [1.82, 2.24) is 15.1 Å². The topological polar surface area (TPSA) is 74.6 Å². The van der Waals surface area contributed by atoms with Crippen LogP contribution in [0.1, 0.15) is 22.3 Å². The summed E-state index contributed by atoms with van der Waals surface area (Å²) in [4.78, 5) is 12.3. The van der Waals surface area contributed by atoms with Gasteiger partial charge in [-0.15, -0.1) is 0 Å². The number of hydrogen-bond acceptors (Lipinski definition) is 5. The monoisotopic (exact) mass is 301 g/mol. The lowest BCUT2D eigenvalue weighted by atomic mass is 10.2. The fraction of sp³-hybridized carbons (Fsp3) is 0.333. The highest BCUT2D eigenvalue weighted by atomic mass is 16.7. The van der Waals surface area contributed by atoms with E-state index in [9.17, 15) is 4.79 Å². The van der Waals surface area contributed by atoms with E-state index < -0.39 is 0 Å². The highest BCUT2D eigenvalue weighted by Gasteiger charge is 2.21. The molecule has 1 amide bonds. The Labute approximate surface area is 126 Å². The molecule has 7 heteroatoms. The molecule has 0 unspecified atom stereocenters. The Balaban J connectivity index is 1.45. The largest absolute Gasteiger partial charge is 0.477 e. The van der Waals surface area contributed by atoms with Gasteiger partial charge in [0.25, 0.3) is 5.91 Å². The Bertz CT molecular complexity index is 726. The molecular weight excluding hydrogens is 286 g/mol. The molecule has 0 bridgehead atoms. The third kappa shape index (κ3) is 2.24. The molecule has 114 valence electrons. The molecular formula is C15H15N3O4. The number of amides is 1. The van der Waals surface area contributed by atoms with E-state index in [1.807, 2.05) is 18.2 Å². The highest BCUT2D eigenvalue weighted by Crippen LogP contribution is 2.32. The first-order chi connectivity index (χ1) is 10.8. The normalized spacial score (nSPS) is 15.1. The van der Waals surface area contributed by atoms with Crippen LogP contribution in [0.25, 0.3) is 0 Å². The van der Waals surface area contributed by atoms with E-state index in [4.69, 9.17) is 14.2 Å². The van der Waals surface area contributed by atoms with Gasteiger partial charge in [0.05, 0.1) is 12.8 Å². The Morgan fingerprint density at radius 2 is 2.18 bits per heavy atom. The molecule has 1 aromatic heterocycles. The molecule has 1 N–H and O–H groups in total. The lowest BCUT2D eigenvalue weighted by Crippen LogP contribution is -2.24. The molecule has 0 saturated heterocycles. The quantitative estimate of drug-likeness (QED) is 0.925. The number of aromatic nitrogens is 2. The van der Waals surface area contributed by atoms with Crippen LogP contribution in [0.2, 0.25) is 0 Å². The summed E-state index contributed by atoms with van der Waals surface area (Å²) in [5.41, 5.74) is 1.42. The Morgan fingerprint density at radius 1 is 1.27 bits per heavy atom. The van der Waals surface area contributed by atoms with Gasteiger partial charge in [-0.2, -0.15) is 5.10 Å². The first-order valence-electron chi connectivity index (χ1n) is 7.16. The van der Waals surface area contributed by atoms with E-state index in [1.165, 1.54) is 0 Å². The number of carbonyl (C=O) groups excluding carboxylic acids is 1. The minimum absolute atomic E-state index is 0.194. The minimum atomic E-state index is -0.194. The van der Waals surface area contributed by atoms with Crippen molar-refractivity contribution in [3.63, 3.8) is 0 Å². The summed E-state index contributed by atoms with van der Waals surface area (Å²) >= 11 is 0. The molecule has 2 aliphatic rings. The number of ether oxygens (including phenoxy) is 3. The number of benzene rings is 1. The molecule has 0 atom stereocenters. The van der Waals surface area contributed by atoms with Crippen molar-refractivity contribution in [2.24, 2.45) is 0 Å². The van der Waals surface area contributed by atoms with Gasteiger partial charge in [-0.1, -0.05) is 6.07 Å². The molecule has 0 spiro atoms. The van der Waals surface area contributed by atoms with Gasteiger partial charge in [0.15, 0.2) is 11.5 Å². The molecule has 1 aromatic carbocycles. The standard InChI is InChI=1S/C15H15N3O4/c19-14(11-8-17-18-4-1-5-20-15(11)18)16-7-10-2-3-12-13(6-10)22-9-21-12/h2-3,6,8H,1,4-5,7,9H2,(H,16,19). The van der Waals surface area contributed by atoms with Crippen LogP contribution in [0.3, 0.4) is 0 Å². The molecule has 0 fully saturated rings. The second kappa shape index (κ2) is 5.25. The maximum Gasteiger partial charge on any atom is 0.258 e. The predicted octanol–water partition coefficient (Wildman–Crippen LogP) is 1.32. The van der Waals surface area contributed by atoms with Gasteiger partial charge < -0.3 is 19.5 Å². The third-order valence-corrected chi connectivity index (χ3v) is 3.68. The predicted molar refractivity (Wildman–Crippen MR) is 76.1 cm³/mol. The van der Waals surface area contributed by atoms with Gasteiger partial charge in [-0.25, -0.2) is 4.68 Å². The molecule has 0 aliphatic carbocycles. The first-order valence-corrected chi connectivity index (χ1v) is 7.16. The van der Waals surface area contributed by atoms with Gasteiger partial charge in [-0.3, -0.25) is 4.79 Å². The van der Waals surface area contributed by atoms with Crippen molar-refractivity contribution < 1.29 is 19.0 Å². The molecule has 0 radical (unpaired) electrons. The average Bonchev–Trinajstić information content (AvgIpc) is 3.18. The van der Waals surface area contributed by atoms with Gasteiger partial charge in [0.2, 0.25) is 12.7 Å². The van der Waals surface area contributed by atoms with Gasteiger partial charge in [0.1, 0.15) is 5.56 Å². The second-order valence-corrected chi connectivity index (χ2v) is 5.16. The minimum Gasteiger partial charge on any atom is -0.477 e. The third-order valence-electron chi connectivity index (χ3n) is 3.68. The number of nitrogens with one attached hydrogen (secondary N) is 1. The maximum atomic E-state index is 12.3. The molecule has 0 saturated carbocycles. The zero-order valence-corrected chi connectivity index (χ0v) is 11.9. The maximum absolute atomic E-state index is 12.3.